The third-order valence-corrected chi connectivity index (χ3v) is 3.02. The number of carbonyl (C=O) groups excluding carboxylic acids is 1. The minimum Gasteiger partial charge on any atom is -0.454 e. The first-order valence-electron chi connectivity index (χ1n) is 6.63. The molecular formula is C15H21NO3. The quantitative estimate of drug-likeness (QED) is 0.850. The second-order valence-electron chi connectivity index (χ2n) is 5.99. The monoisotopic (exact) mass is 263 g/mol. The van der Waals surface area contributed by atoms with Crippen molar-refractivity contribution in [2.24, 2.45) is 5.41 Å². The lowest BCUT2D eigenvalue weighted by atomic mass is 9.91. The number of amides is 1. The molecular weight excluding hydrogens is 242 g/mol. The van der Waals surface area contributed by atoms with Crippen LogP contribution in [0.4, 0.5) is 0 Å². The van der Waals surface area contributed by atoms with Gasteiger partial charge in [0.25, 0.3) is 5.91 Å². The summed E-state index contributed by atoms with van der Waals surface area (Å²) in [6.07, 6.45) is 2.08. The fraction of sp³-hybridized carbons (Fsp3) is 0.533. The van der Waals surface area contributed by atoms with E-state index in [0.717, 1.165) is 12.8 Å². The number of hydrogen-bond donors (Lipinski definition) is 1. The summed E-state index contributed by atoms with van der Waals surface area (Å²) < 4.78 is 10.5. The molecule has 1 aliphatic heterocycles. The topological polar surface area (TPSA) is 47.6 Å². The molecule has 1 heterocycles. The molecule has 1 amide bonds. The van der Waals surface area contributed by atoms with Crippen LogP contribution < -0.4 is 14.8 Å². The lowest BCUT2D eigenvalue weighted by Crippen LogP contribution is -2.25. The van der Waals surface area contributed by atoms with E-state index in [9.17, 15) is 4.79 Å². The molecule has 1 aliphatic rings. The Morgan fingerprint density at radius 2 is 2.00 bits per heavy atom. The van der Waals surface area contributed by atoms with Crippen molar-refractivity contribution in [1.82, 2.24) is 5.32 Å². The average molecular weight is 263 g/mol. The van der Waals surface area contributed by atoms with Gasteiger partial charge in [-0.25, -0.2) is 0 Å². The molecule has 0 saturated heterocycles. The van der Waals surface area contributed by atoms with Crippen molar-refractivity contribution in [3.05, 3.63) is 23.8 Å². The summed E-state index contributed by atoms with van der Waals surface area (Å²) in [6.45, 7) is 7.53. The molecule has 0 radical (unpaired) electrons. The van der Waals surface area contributed by atoms with Gasteiger partial charge in [0, 0.05) is 12.1 Å². The number of nitrogens with one attached hydrogen (secondary N) is 1. The van der Waals surface area contributed by atoms with Gasteiger partial charge in [-0.3, -0.25) is 4.79 Å². The molecule has 0 unspecified atom stereocenters. The number of benzene rings is 1. The van der Waals surface area contributed by atoms with Crippen molar-refractivity contribution in [2.45, 2.75) is 33.6 Å². The Bertz CT molecular complexity index is 463. The molecule has 104 valence electrons. The molecule has 1 aromatic rings. The number of fused-ring (bicyclic) bond motifs is 1. The van der Waals surface area contributed by atoms with Gasteiger partial charge in [0.05, 0.1) is 0 Å². The number of carbonyl (C=O) groups is 1. The zero-order valence-electron chi connectivity index (χ0n) is 11.8. The summed E-state index contributed by atoms with van der Waals surface area (Å²) in [5.74, 6) is 1.28. The molecule has 1 N–H and O–H groups in total. The van der Waals surface area contributed by atoms with Crippen LogP contribution in [0.15, 0.2) is 18.2 Å². The van der Waals surface area contributed by atoms with Crippen molar-refractivity contribution >= 4 is 5.91 Å². The van der Waals surface area contributed by atoms with Crippen LogP contribution in [0, 0.1) is 5.41 Å². The van der Waals surface area contributed by atoms with E-state index in [1.165, 1.54) is 0 Å². The Morgan fingerprint density at radius 1 is 1.26 bits per heavy atom. The van der Waals surface area contributed by atoms with E-state index < -0.39 is 0 Å². The number of ether oxygens (including phenoxy) is 2. The van der Waals surface area contributed by atoms with Crippen LogP contribution >= 0.6 is 0 Å². The van der Waals surface area contributed by atoms with Crippen LogP contribution in [-0.4, -0.2) is 19.2 Å². The normalized spacial score (nSPS) is 13.4. The first kappa shape index (κ1) is 13.7. The van der Waals surface area contributed by atoms with Gasteiger partial charge in [-0.1, -0.05) is 20.8 Å². The maximum absolute atomic E-state index is 12.0. The second kappa shape index (κ2) is 5.51. The molecule has 0 spiro atoms. The molecule has 0 bridgehead atoms. The highest BCUT2D eigenvalue weighted by atomic mass is 16.7. The molecule has 2 rings (SSSR count). The van der Waals surface area contributed by atoms with Gasteiger partial charge in [-0.15, -0.1) is 0 Å². The highest BCUT2D eigenvalue weighted by molar-refractivity contribution is 5.94. The lowest BCUT2D eigenvalue weighted by molar-refractivity contribution is 0.0951. The predicted molar refractivity (Wildman–Crippen MR) is 73.6 cm³/mol. The summed E-state index contributed by atoms with van der Waals surface area (Å²) in [5.41, 5.74) is 0.920. The number of rotatable bonds is 4. The summed E-state index contributed by atoms with van der Waals surface area (Å²) in [4.78, 5) is 12.0. The molecule has 0 saturated carbocycles. The Morgan fingerprint density at radius 3 is 2.74 bits per heavy atom. The fourth-order valence-electron chi connectivity index (χ4n) is 1.96. The van der Waals surface area contributed by atoms with Gasteiger partial charge in [0.1, 0.15) is 0 Å². The first-order valence-corrected chi connectivity index (χ1v) is 6.63. The molecule has 19 heavy (non-hydrogen) atoms. The van der Waals surface area contributed by atoms with Crippen LogP contribution in [0.3, 0.4) is 0 Å². The summed E-state index contributed by atoms with van der Waals surface area (Å²) in [5, 5.41) is 2.93. The molecule has 4 heteroatoms. The molecule has 4 nitrogen and oxygen atoms in total. The zero-order valence-corrected chi connectivity index (χ0v) is 11.8. The Kier molecular flexibility index (Phi) is 3.98. The molecule has 0 fully saturated rings. The third kappa shape index (κ3) is 3.88. The van der Waals surface area contributed by atoms with Gasteiger partial charge in [-0.05, 0) is 36.5 Å². The van der Waals surface area contributed by atoms with Crippen LogP contribution in [0.25, 0.3) is 0 Å². The maximum atomic E-state index is 12.0. The highest BCUT2D eigenvalue weighted by Crippen LogP contribution is 2.32. The average Bonchev–Trinajstić information content (AvgIpc) is 2.80. The summed E-state index contributed by atoms with van der Waals surface area (Å²) in [6, 6.07) is 5.25. The molecule has 0 aliphatic carbocycles. The molecule has 0 atom stereocenters. The molecule has 1 aromatic carbocycles. The molecule has 0 aromatic heterocycles. The van der Waals surface area contributed by atoms with Crippen molar-refractivity contribution in [1.29, 1.82) is 0 Å². The van der Waals surface area contributed by atoms with E-state index in [1.807, 2.05) is 0 Å². The fourth-order valence-corrected chi connectivity index (χ4v) is 1.96. The zero-order chi connectivity index (χ0) is 13.9. The minimum atomic E-state index is -0.0628. The first-order chi connectivity index (χ1) is 8.96. The third-order valence-electron chi connectivity index (χ3n) is 3.02. The van der Waals surface area contributed by atoms with E-state index in [4.69, 9.17) is 9.47 Å². The summed E-state index contributed by atoms with van der Waals surface area (Å²) in [7, 11) is 0. The van der Waals surface area contributed by atoms with Crippen molar-refractivity contribution in [3.63, 3.8) is 0 Å². The van der Waals surface area contributed by atoms with Crippen molar-refractivity contribution in [2.75, 3.05) is 13.3 Å². The van der Waals surface area contributed by atoms with Crippen LogP contribution in [0.2, 0.25) is 0 Å². The van der Waals surface area contributed by atoms with Crippen LogP contribution in [0.1, 0.15) is 44.0 Å². The Hall–Kier alpha value is -1.71. The largest absolute Gasteiger partial charge is 0.454 e. The van der Waals surface area contributed by atoms with E-state index in [0.29, 0.717) is 29.0 Å². The van der Waals surface area contributed by atoms with Gasteiger partial charge >= 0.3 is 0 Å². The number of hydrogen-bond acceptors (Lipinski definition) is 3. The summed E-state index contributed by atoms with van der Waals surface area (Å²) >= 11 is 0. The van der Waals surface area contributed by atoms with Gasteiger partial charge in [-0.2, -0.15) is 0 Å². The van der Waals surface area contributed by atoms with E-state index in [-0.39, 0.29) is 12.7 Å². The van der Waals surface area contributed by atoms with Gasteiger partial charge in [0.15, 0.2) is 11.5 Å². The maximum Gasteiger partial charge on any atom is 0.251 e. The van der Waals surface area contributed by atoms with Crippen LogP contribution in [0.5, 0.6) is 11.5 Å². The second-order valence-corrected chi connectivity index (χ2v) is 5.99. The van der Waals surface area contributed by atoms with Gasteiger partial charge in [0.2, 0.25) is 6.79 Å². The minimum absolute atomic E-state index is 0.0628. The Labute approximate surface area is 114 Å². The highest BCUT2D eigenvalue weighted by Gasteiger charge is 2.16. The SMILES string of the molecule is CC(C)(C)CCCNC(=O)c1ccc2c(c1)OCO2. The smallest absolute Gasteiger partial charge is 0.251 e. The van der Waals surface area contributed by atoms with Gasteiger partial charge < -0.3 is 14.8 Å². The van der Waals surface area contributed by atoms with E-state index in [1.54, 1.807) is 18.2 Å². The van der Waals surface area contributed by atoms with Crippen molar-refractivity contribution < 1.29 is 14.3 Å². The van der Waals surface area contributed by atoms with E-state index >= 15 is 0 Å². The standard InChI is InChI=1S/C15H21NO3/c1-15(2,3)7-4-8-16-14(17)11-5-6-12-13(9-11)19-10-18-12/h5-6,9H,4,7-8,10H2,1-3H3,(H,16,17). The van der Waals surface area contributed by atoms with Crippen molar-refractivity contribution in [3.8, 4) is 11.5 Å². The Balaban J connectivity index is 1.83. The van der Waals surface area contributed by atoms with Crippen LogP contribution in [-0.2, 0) is 0 Å². The van der Waals surface area contributed by atoms with E-state index in [2.05, 4.69) is 26.1 Å². The predicted octanol–water partition coefficient (Wildman–Crippen LogP) is 2.97. The lowest BCUT2D eigenvalue weighted by Gasteiger charge is -2.17.